The van der Waals surface area contributed by atoms with Gasteiger partial charge in [0.1, 0.15) is 6.04 Å². The van der Waals surface area contributed by atoms with Gasteiger partial charge in [-0.25, -0.2) is 0 Å². The van der Waals surface area contributed by atoms with Crippen molar-refractivity contribution in [3.05, 3.63) is 52.3 Å². The number of pyridine rings is 1. The number of amidine groups is 1. The summed E-state index contributed by atoms with van der Waals surface area (Å²) in [5.41, 5.74) is 2.02. The largest absolute Gasteiger partial charge is 0.504 e. The predicted molar refractivity (Wildman–Crippen MR) is 113 cm³/mol. The van der Waals surface area contributed by atoms with Crippen molar-refractivity contribution in [3.8, 4) is 11.5 Å². The van der Waals surface area contributed by atoms with E-state index in [1.54, 1.807) is 6.07 Å². The van der Waals surface area contributed by atoms with E-state index in [0.29, 0.717) is 18.4 Å². The molecule has 1 saturated heterocycles. The van der Waals surface area contributed by atoms with E-state index < -0.39 is 0 Å². The molecule has 0 amide bonds. The second kappa shape index (κ2) is 7.72. The monoisotopic (exact) mass is 447 g/mol. The molecule has 3 heterocycles. The predicted octanol–water partition coefficient (Wildman–Crippen LogP) is 4.93. The summed E-state index contributed by atoms with van der Waals surface area (Å²) < 4.78 is 6.51. The second-order valence-corrected chi connectivity index (χ2v) is 8.45. The molecule has 5 nitrogen and oxygen atoms in total. The van der Waals surface area contributed by atoms with Crippen LogP contribution < -0.4 is 4.74 Å². The Morgan fingerprint density at radius 2 is 2.19 bits per heavy atom. The van der Waals surface area contributed by atoms with Gasteiger partial charge >= 0.3 is 0 Å². The highest BCUT2D eigenvalue weighted by atomic mass is 79.9. The number of phenols is 1. The Morgan fingerprint density at radius 1 is 1.33 bits per heavy atom. The van der Waals surface area contributed by atoms with Gasteiger partial charge in [-0.2, -0.15) is 0 Å². The lowest BCUT2D eigenvalue weighted by Gasteiger charge is -2.32. The van der Waals surface area contributed by atoms with Crippen molar-refractivity contribution in [1.82, 2.24) is 9.88 Å². The minimum atomic E-state index is -0.0848. The molecule has 0 aliphatic carbocycles. The number of halogens is 1. The number of ether oxygens (including phenoxy) is 1. The standard InChI is InChI=1S/C20H22BrN3O2S/c1-3-12-11-27-20-23-18(15-7-5-6-8-22-15)19(24(12)20)13-9-17(26-4-2)16(25)10-14(13)21/h5-10,12,18-19,25H,3-4,11H2,1-2H3/t12-,18+,19+/m1/s1. The van der Waals surface area contributed by atoms with Gasteiger partial charge in [0.15, 0.2) is 16.7 Å². The third kappa shape index (κ3) is 3.31. The Balaban J connectivity index is 1.83. The Kier molecular flexibility index (Phi) is 5.32. The first-order valence-electron chi connectivity index (χ1n) is 9.19. The number of fused-ring (bicyclic) bond motifs is 1. The first kappa shape index (κ1) is 18.6. The molecular formula is C20H22BrN3O2S. The molecule has 2 aromatic rings. The number of aliphatic imine (C=N–C) groups is 1. The molecule has 0 spiro atoms. The van der Waals surface area contributed by atoms with Crippen LogP contribution in [0.4, 0.5) is 0 Å². The van der Waals surface area contributed by atoms with E-state index in [1.807, 2.05) is 49.1 Å². The van der Waals surface area contributed by atoms with Crippen LogP contribution in [-0.4, -0.2) is 38.6 Å². The van der Waals surface area contributed by atoms with E-state index in [9.17, 15) is 5.11 Å². The number of thioether (sulfide) groups is 1. The zero-order valence-electron chi connectivity index (χ0n) is 15.3. The number of phenolic OH excluding ortho intramolecular Hbond substituents is 1. The minimum absolute atomic E-state index is 0.0176. The molecule has 2 aliphatic rings. The van der Waals surface area contributed by atoms with Crippen LogP contribution in [-0.2, 0) is 0 Å². The molecule has 1 aromatic heterocycles. The lowest BCUT2D eigenvalue weighted by atomic mass is 9.95. The summed E-state index contributed by atoms with van der Waals surface area (Å²) in [6.07, 6.45) is 2.88. The number of aromatic nitrogens is 1. The first-order chi connectivity index (χ1) is 13.1. The molecule has 3 atom stereocenters. The van der Waals surface area contributed by atoms with Crippen LogP contribution in [0.15, 0.2) is 46.0 Å². The molecule has 0 bridgehead atoms. The molecule has 4 rings (SSSR count). The molecule has 2 aliphatic heterocycles. The van der Waals surface area contributed by atoms with Crippen molar-refractivity contribution in [3.63, 3.8) is 0 Å². The van der Waals surface area contributed by atoms with E-state index in [2.05, 4.69) is 32.7 Å². The molecule has 1 aromatic carbocycles. The van der Waals surface area contributed by atoms with E-state index in [1.165, 1.54) is 0 Å². The van der Waals surface area contributed by atoms with E-state index in [-0.39, 0.29) is 17.8 Å². The maximum atomic E-state index is 10.2. The number of hydrogen-bond donors (Lipinski definition) is 1. The normalized spacial score (nSPS) is 24.0. The minimum Gasteiger partial charge on any atom is -0.504 e. The Bertz CT molecular complexity index is 862. The maximum absolute atomic E-state index is 10.2. The van der Waals surface area contributed by atoms with Gasteiger partial charge in [-0.05, 0) is 43.2 Å². The van der Waals surface area contributed by atoms with Crippen molar-refractivity contribution in [1.29, 1.82) is 0 Å². The molecule has 1 N–H and O–H groups in total. The van der Waals surface area contributed by atoms with Gasteiger partial charge in [0.05, 0.1) is 18.3 Å². The lowest BCUT2D eigenvalue weighted by Crippen LogP contribution is -2.35. The molecular weight excluding hydrogens is 426 g/mol. The molecule has 0 saturated carbocycles. The maximum Gasteiger partial charge on any atom is 0.161 e. The van der Waals surface area contributed by atoms with E-state index in [0.717, 1.165) is 33.1 Å². The van der Waals surface area contributed by atoms with Crippen molar-refractivity contribution in [2.75, 3.05) is 12.4 Å². The average Bonchev–Trinajstić information content (AvgIpc) is 3.24. The van der Waals surface area contributed by atoms with Crippen LogP contribution in [0, 0.1) is 0 Å². The second-order valence-electron chi connectivity index (χ2n) is 6.61. The van der Waals surface area contributed by atoms with Crippen LogP contribution in [0.3, 0.4) is 0 Å². The SMILES string of the molecule is CCOc1cc([C@H]2[C@H](c3ccccn3)N=C3SC[C@@H](CC)N32)c(Br)cc1O. The van der Waals surface area contributed by atoms with Crippen molar-refractivity contribution in [2.24, 2.45) is 4.99 Å². The van der Waals surface area contributed by atoms with Gasteiger partial charge in [0.25, 0.3) is 0 Å². The fraction of sp³-hybridized carbons (Fsp3) is 0.400. The van der Waals surface area contributed by atoms with Crippen LogP contribution in [0.1, 0.15) is 43.6 Å². The summed E-state index contributed by atoms with van der Waals surface area (Å²) in [5.74, 6) is 1.70. The van der Waals surface area contributed by atoms with Crippen molar-refractivity contribution >= 4 is 32.9 Å². The number of benzene rings is 1. The van der Waals surface area contributed by atoms with Gasteiger partial charge in [-0.15, -0.1) is 0 Å². The molecule has 7 heteroatoms. The Hall–Kier alpha value is -1.73. The topological polar surface area (TPSA) is 58.0 Å². The van der Waals surface area contributed by atoms with Crippen LogP contribution in [0.5, 0.6) is 11.5 Å². The van der Waals surface area contributed by atoms with Crippen LogP contribution in [0.2, 0.25) is 0 Å². The van der Waals surface area contributed by atoms with Gasteiger partial charge in [-0.3, -0.25) is 9.98 Å². The summed E-state index contributed by atoms with van der Waals surface area (Å²) in [6, 6.07) is 9.99. The summed E-state index contributed by atoms with van der Waals surface area (Å²) in [5, 5.41) is 11.3. The molecule has 27 heavy (non-hydrogen) atoms. The zero-order valence-corrected chi connectivity index (χ0v) is 17.7. The quantitative estimate of drug-likeness (QED) is 0.703. The van der Waals surface area contributed by atoms with Crippen LogP contribution in [0.25, 0.3) is 0 Å². The van der Waals surface area contributed by atoms with Crippen LogP contribution >= 0.6 is 27.7 Å². The van der Waals surface area contributed by atoms with E-state index in [4.69, 9.17) is 9.73 Å². The highest BCUT2D eigenvalue weighted by Gasteiger charge is 2.46. The van der Waals surface area contributed by atoms with Crippen molar-refractivity contribution in [2.45, 2.75) is 38.4 Å². The third-order valence-corrected chi connectivity index (χ3v) is 6.84. The fourth-order valence-corrected chi connectivity index (χ4v) is 5.65. The lowest BCUT2D eigenvalue weighted by molar-refractivity contribution is 0.252. The van der Waals surface area contributed by atoms with Crippen molar-refractivity contribution < 1.29 is 9.84 Å². The van der Waals surface area contributed by atoms with Gasteiger partial charge in [0.2, 0.25) is 0 Å². The summed E-state index contributed by atoms with van der Waals surface area (Å²) in [6.45, 7) is 4.64. The fourth-order valence-electron chi connectivity index (χ4n) is 3.74. The molecule has 0 unspecified atom stereocenters. The highest BCUT2D eigenvalue weighted by molar-refractivity contribution is 9.10. The molecule has 0 radical (unpaired) electrons. The molecule has 142 valence electrons. The summed E-state index contributed by atoms with van der Waals surface area (Å²) in [4.78, 5) is 12.0. The van der Waals surface area contributed by atoms with Gasteiger partial charge in [-0.1, -0.05) is 40.7 Å². The Morgan fingerprint density at radius 3 is 2.89 bits per heavy atom. The highest BCUT2D eigenvalue weighted by Crippen LogP contribution is 2.51. The van der Waals surface area contributed by atoms with Gasteiger partial charge < -0.3 is 14.7 Å². The number of aromatic hydroxyl groups is 1. The number of hydrogen-bond acceptors (Lipinski definition) is 6. The molecule has 1 fully saturated rings. The number of rotatable bonds is 5. The zero-order chi connectivity index (χ0) is 19.0. The van der Waals surface area contributed by atoms with E-state index >= 15 is 0 Å². The summed E-state index contributed by atoms with van der Waals surface area (Å²) >= 11 is 5.48. The van der Waals surface area contributed by atoms with Gasteiger partial charge in [0, 0.05) is 22.5 Å². The third-order valence-electron chi connectivity index (χ3n) is 5.03. The smallest absolute Gasteiger partial charge is 0.161 e. The first-order valence-corrected chi connectivity index (χ1v) is 11.0. The Labute approximate surface area is 172 Å². The average molecular weight is 448 g/mol. The number of nitrogens with zero attached hydrogens (tertiary/aromatic N) is 3. The summed E-state index contributed by atoms with van der Waals surface area (Å²) in [7, 11) is 0.